The molecule has 0 saturated carbocycles. The van der Waals surface area contributed by atoms with Gasteiger partial charge in [-0.25, -0.2) is 0 Å². The molecule has 0 aromatic rings. The predicted molar refractivity (Wildman–Crippen MR) is 69.1 cm³/mol. The van der Waals surface area contributed by atoms with Gasteiger partial charge in [-0.3, -0.25) is 4.79 Å². The summed E-state index contributed by atoms with van der Waals surface area (Å²) in [6.45, 7) is 1.85. The first-order valence-corrected chi connectivity index (χ1v) is 6.69. The fourth-order valence-electron chi connectivity index (χ4n) is 1.48. The highest BCUT2D eigenvalue weighted by molar-refractivity contribution is 5.69. The number of carbonyl (C=O) groups is 1. The molecule has 0 N–H and O–H groups in total. The van der Waals surface area contributed by atoms with Crippen molar-refractivity contribution < 1.29 is 29.4 Å². The van der Waals surface area contributed by atoms with E-state index in [4.69, 9.17) is 4.74 Å². The zero-order chi connectivity index (χ0) is 16.1. The third-order valence-electron chi connectivity index (χ3n) is 2.52. The first-order chi connectivity index (χ1) is 9.95. The van der Waals surface area contributed by atoms with Crippen LogP contribution in [0.3, 0.4) is 0 Å². The normalized spacial score (nSPS) is 11.5. The van der Waals surface area contributed by atoms with Gasteiger partial charge in [-0.1, -0.05) is 19.8 Å². The van der Waals surface area contributed by atoms with Gasteiger partial charge in [-0.05, 0) is 19.3 Å². The molecule has 21 heavy (non-hydrogen) atoms. The van der Waals surface area contributed by atoms with Crippen LogP contribution in [0.2, 0.25) is 0 Å². The van der Waals surface area contributed by atoms with Crippen LogP contribution in [0.5, 0.6) is 0 Å². The zero-order valence-electron chi connectivity index (χ0n) is 11.9. The van der Waals surface area contributed by atoms with Gasteiger partial charge in [-0.15, -0.1) is 20.2 Å². The van der Waals surface area contributed by atoms with Crippen LogP contribution in [0.15, 0.2) is 0 Å². The Labute approximate surface area is 121 Å². The van der Waals surface area contributed by atoms with E-state index in [0.717, 1.165) is 12.8 Å². The van der Waals surface area contributed by atoms with E-state index < -0.39 is 22.9 Å². The van der Waals surface area contributed by atoms with Crippen LogP contribution in [-0.4, -0.2) is 35.5 Å². The van der Waals surface area contributed by atoms with Crippen LogP contribution in [-0.2, 0) is 19.2 Å². The molecule has 0 amide bonds. The summed E-state index contributed by atoms with van der Waals surface area (Å²) in [7, 11) is 0. The van der Waals surface area contributed by atoms with Gasteiger partial charge in [-0.2, -0.15) is 0 Å². The molecule has 0 heterocycles. The molecule has 0 aromatic carbocycles. The Morgan fingerprint density at radius 3 is 2.43 bits per heavy atom. The minimum absolute atomic E-state index is 0.178. The lowest BCUT2D eigenvalue weighted by molar-refractivity contribution is -0.790. The Balaban J connectivity index is 3.82. The van der Waals surface area contributed by atoms with E-state index in [1.165, 1.54) is 0 Å². The molecule has 0 radical (unpaired) electrons. The SMILES string of the molecule is CCCCOC(=O)CCCCC(CO[N+](=O)[O-])O[N+](=O)[O-]. The van der Waals surface area contributed by atoms with Gasteiger partial charge in [0, 0.05) is 6.42 Å². The molecule has 1 unspecified atom stereocenters. The number of unbranched alkanes of at least 4 members (excludes halogenated alkanes) is 2. The summed E-state index contributed by atoms with van der Waals surface area (Å²) in [6, 6.07) is 0. The standard InChI is InChI=1S/C11H20N2O8/c1-2-3-8-19-11(14)7-5-4-6-10(21-13(17)18)9-20-12(15)16/h10H,2-9H2,1H3. The van der Waals surface area contributed by atoms with E-state index in [-0.39, 0.29) is 18.8 Å². The Kier molecular flexibility index (Phi) is 10.5. The molecule has 122 valence electrons. The fourth-order valence-corrected chi connectivity index (χ4v) is 1.48. The molecular weight excluding hydrogens is 288 g/mol. The van der Waals surface area contributed by atoms with E-state index in [1.807, 2.05) is 6.92 Å². The maximum Gasteiger partial charge on any atom is 0.305 e. The van der Waals surface area contributed by atoms with Gasteiger partial charge in [0.15, 0.2) is 0 Å². The first kappa shape index (κ1) is 18.9. The average molecular weight is 308 g/mol. The second-order valence-electron chi connectivity index (χ2n) is 4.29. The quantitative estimate of drug-likeness (QED) is 0.217. The van der Waals surface area contributed by atoms with Crippen molar-refractivity contribution in [3.8, 4) is 0 Å². The fraction of sp³-hybridized carbons (Fsp3) is 0.909. The molecule has 0 rings (SSSR count). The number of hydrogen-bond acceptors (Lipinski definition) is 8. The molecule has 0 aliphatic heterocycles. The molecule has 10 heteroatoms. The van der Waals surface area contributed by atoms with Crippen LogP contribution in [0.1, 0.15) is 45.4 Å². The summed E-state index contributed by atoms with van der Waals surface area (Å²) < 4.78 is 4.94. The summed E-state index contributed by atoms with van der Waals surface area (Å²) in [5.41, 5.74) is 0. The number of hydrogen-bond donors (Lipinski definition) is 0. The lowest BCUT2D eigenvalue weighted by Gasteiger charge is -2.13. The molecule has 0 aliphatic carbocycles. The molecule has 0 saturated heterocycles. The average Bonchev–Trinajstić information content (AvgIpc) is 2.40. The summed E-state index contributed by atoms with van der Waals surface area (Å²) in [6.07, 6.45) is 1.99. The lowest BCUT2D eigenvalue weighted by atomic mass is 10.1. The largest absolute Gasteiger partial charge is 0.466 e. The van der Waals surface area contributed by atoms with E-state index in [0.29, 0.717) is 19.4 Å². The van der Waals surface area contributed by atoms with Crippen molar-refractivity contribution in [3.05, 3.63) is 20.2 Å². The number of carbonyl (C=O) groups excluding carboxylic acids is 1. The molecule has 0 bridgehead atoms. The third kappa shape index (κ3) is 12.6. The van der Waals surface area contributed by atoms with E-state index in [1.54, 1.807) is 0 Å². The van der Waals surface area contributed by atoms with Crippen molar-refractivity contribution in [1.82, 2.24) is 0 Å². The van der Waals surface area contributed by atoms with Crippen molar-refractivity contribution in [3.63, 3.8) is 0 Å². The van der Waals surface area contributed by atoms with Gasteiger partial charge >= 0.3 is 5.97 Å². The smallest absolute Gasteiger partial charge is 0.305 e. The van der Waals surface area contributed by atoms with Crippen molar-refractivity contribution in [2.24, 2.45) is 0 Å². The van der Waals surface area contributed by atoms with Crippen molar-refractivity contribution in [2.45, 2.75) is 51.6 Å². The van der Waals surface area contributed by atoms with Gasteiger partial charge in [0.25, 0.3) is 10.2 Å². The molecule has 0 fully saturated rings. The van der Waals surface area contributed by atoms with Gasteiger partial charge in [0.2, 0.25) is 0 Å². The summed E-state index contributed by atoms with van der Waals surface area (Å²) in [5, 5.41) is 18.2. The lowest BCUT2D eigenvalue weighted by Crippen LogP contribution is -2.24. The summed E-state index contributed by atoms with van der Waals surface area (Å²) in [5.74, 6) is -0.322. The summed E-state index contributed by atoms with van der Waals surface area (Å²) >= 11 is 0. The van der Waals surface area contributed by atoms with Crippen LogP contribution in [0, 0.1) is 20.2 Å². The number of ether oxygens (including phenoxy) is 1. The third-order valence-corrected chi connectivity index (χ3v) is 2.52. The van der Waals surface area contributed by atoms with Crippen LogP contribution >= 0.6 is 0 Å². The van der Waals surface area contributed by atoms with E-state index in [9.17, 15) is 25.0 Å². The van der Waals surface area contributed by atoms with Crippen LogP contribution in [0.25, 0.3) is 0 Å². The zero-order valence-corrected chi connectivity index (χ0v) is 11.9. The summed E-state index contributed by atoms with van der Waals surface area (Å²) in [4.78, 5) is 39.8. The second-order valence-corrected chi connectivity index (χ2v) is 4.29. The maximum absolute atomic E-state index is 11.3. The van der Waals surface area contributed by atoms with Crippen LogP contribution in [0.4, 0.5) is 0 Å². The van der Waals surface area contributed by atoms with Crippen molar-refractivity contribution >= 4 is 5.97 Å². The monoisotopic (exact) mass is 308 g/mol. The minimum Gasteiger partial charge on any atom is -0.466 e. The highest BCUT2D eigenvalue weighted by Crippen LogP contribution is 2.09. The molecule has 0 aromatic heterocycles. The Hall–Kier alpha value is -2.13. The Bertz CT molecular complexity index is 336. The van der Waals surface area contributed by atoms with E-state index >= 15 is 0 Å². The first-order valence-electron chi connectivity index (χ1n) is 6.69. The van der Waals surface area contributed by atoms with E-state index in [2.05, 4.69) is 9.68 Å². The second kappa shape index (κ2) is 11.7. The molecular formula is C11H20N2O8. The number of esters is 1. The maximum atomic E-state index is 11.3. The molecule has 0 aliphatic rings. The Morgan fingerprint density at radius 2 is 1.86 bits per heavy atom. The van der Waals surface area contributed by atoms with Crippen LogP contribution < -0.4 is 0 Å². The highest BCUT2D eigenvalue weighted by atomic mass is 17.0. The number of nitrogens with zero attached hydrogens (tertiary/aromatic N) is 2. The Morgan fingerprint density at radius 1 is 1.14 bits per heavy atom. The molecule has 1 atom stereocenters. The molecule has 0 spiro atoms. The topological polar surface area (TPSA) is 131 Å². The minimum atomic E-state index is -1.04. The van der Waals surface area contributed by atoms with Gasteiger partial charge in [0.05, 0.1) is 6.61 Å². The van der Waals surface area contributed by atoms with Crippen molar-refractivity contribution in [2.75, 3.05) is 13.2 Å². The van der Waals surface area contributed by atoms with Gasteiger partial charge in [0.1, 0.15) is 12.7 Å². The number of rotatable bonds is 13. The van der Waals surface area contributed by atoms with Gasteiger partial charge < -0.3 is 14.4 Å². The highest BCUT2D eigenvalue weighted by Gasteiger charge is 2.15. The van der Waals surface area contributed by atoms with Crippen molar-refractivity contribution in [1.29, 1.82) is 0 Å². The molecule has 10 nitrogen and oxygen atoms in total. The predicted octanol–water partition coefficient (Wildman–Crippen LogP) is 1.68.